The maximum Gasteiger partial charge on any atom is 0.220 e. The fourth-order valence-corrected chi connectivity index (χ4v) is 2.75. The van der Waals surface area contributed by atoms with Crippen molar-refractivity contribution in [2.24, 2.45) is 11.7 Å². The number of aryl methyl sites for hydroxylation is 1. The van der Waals surface area contributed by atoms with E-state index < -0.39 is 0 Å². The Morgan fingerprint density at radius 1 is 1.36 bits per heavy atom. The molecule has 0 radical (unpaired) electrons. The Kier molecular flexibility index (Phi) is 5.29. The van der Waals surface area contributed by atoms with Gasteiger partial charge in [-0.05, 0) is 55.9 Å². The van der Waals surface area contributed by atoms with Crippen LogP contribution in [0.25, 0.3) is 0 Å². The zero-order valence-electron chi connectivity index (χ0n) is 13.6. The third-order valence-corrected chi connectivity index (χ3v) is 4.44. The lowest BCUT2D eigenvalue weighted by atomic mass is 9.95. The number of methoxy groups -OCH3 is 2. The average Bonchev–Trinajstić information content (AvgIpc) is 3.37. The van der Waals surface area contributed by atoms with Gasteiger partial charge in [-0.1, -0.05) is 0 Å². The van der Waals surface area contributed by atoms with Gasteiger partial charge in [0, 0.05) is 13.0 Å². The fraction of sp³-hybridized carbons (Fsp3) is 0.588. The number of hydrogen-bond acceptors (Lipinski definition) is 4. The zero-order chi connectivity index (χ0) is 16.2. The molecule has 22 heavy (non-hydrogen) atoms. The lowest BCUT2D eigenvalue weighted by Crippen LogP contribution is -2.53. The van der Waals surface area contributed by atoms with Gasteiger partial charge >= 0.3 is 0 Å². The molecule has 1 amide bonds. The van der Waals surface area contributed by atoms with E-state index in [1.54, 1.807) is 14.2 Å². The van der Waals surface area contributed by atoms with Gasteiger partial charge in [0.25, 0.3) is 0 Å². The van der Waals surface area contributed by atoms with Gasteiger partial charge < -0.3 is 20.5 Å². The van der Waals surface area contributed by atoms with E-state index in [-0.39, 0.29) is 11.4 Å². The summed E-state index contributed by atoms with van der Waals surface area (Å²) in [5.74, 6) is 2.09. The van der Waals surface area contributed by atoms with Crippen LogP contribution < -0.4 is 20.5 Å². The molecule has 3 N–H and O–H groups in total. The summed E-state index contributed by atoms with van der Waals surface area (Å²) >= 11 is 0. The second-order valence-electron chi connectivity index (χ2n) is 6.12. The molecule has 1 fully saturated rings. The van der Waals surface area contributed by atoms with Gasteiger partial charge in [-0.2, -0.15) is 0 Å². The zero-order valence-corrected chi connectivity index (χ0v) is 13.6. The van der Waals surface area contributed by atoms with E-state index in [0.29, 0.717) is 25.3 Å². The molecule has 1 saturated carbocycles. The highest BCUT2D eigenvalue weighted by Gasteiger charge is 2.41. The van der Waals surface area contributed by atoms with Crippen molar-refractivity contribution in [3.63, 3.8) is 0 Å². The van der Waals surface area contributed by atoms with Crippen LogP contribution in [-0.2, 0) is 11.2 Å². The molecule has 0 aromatic heterocycles. The summed E-state index contributed by atoms with van der Waals surface area (Å²) in [6, 6.07) is 5.62. The van der Waals surface area contributed by atoms with Crippen LogP contribution in [-0.4, -0.2) is 32.2 Å². The molecular formula is C17H26N2O3. The van der Waals surface area contributed by atoms with Gasteiger partial charge in [0.2, 0.25) is 5.91 Å². The minimum atomic E-state index is -0.268. The van der Waals surface area contributed by atoms with Crippen molar-refractivity contribution < 1.29 is 14.3 Å². The molecule has 1 unspecified atom stereocenters. The van der Waals surface area contributed by atoms with E-state index in [1.807, 2.05) is 25.1 Å². The Morgan fingerprint density at radius 2 is 2.09 bits per heavy atom. The Balaban J connectivity index is 1.95. The molecule has 0 bridgehead atoms. The largest absolute Gasteiger partial charge is 0.497 e. The topological polar surface area (TPSA) is 73.6 Å². The van der Waals surface area contributed by atoms with Crippen LogP contribution in [0.5, 0.6) is 11.5 Å². The first-order chi connectivity index (χ1) is 10.5. The predicted molar refractivity (Wildman–Crippen MR) is 86.2 cm³/mol. The van der Waals surface area contributed by atoms with Crippen LogP contribution in [0, 0.1) is 5.92 Å². The van der Waals surface area contributed by atoms with Crippen molar-refractivity contribution in [2.45, 2.75) is 38.1 Å². The minimum absolute atomic E-state index is 0.0322. The lowest BCUT2D eigenvalue weighted by Gasteiger charge is -2.29. The van der Waals surface area contributed by atoms with Gasteiger partial charge in [0.1, 0.15) is 11.5 Å². The molecule has 122 valence electrons. The van der Waals surface area contributed by atoms with E-state index in [0.717, 1.165) is 29.9 Å². The van der Waals surface area contributed by atoms with Gasteiger partial charge in [0.05, 0.1) is 19.8 Å². The molecule has 1 aromatic carbocycles. The van der Waals surface area contributed by atoms with Crippen LogP contribution in [0.1, 0.15) is 31.7 Å². The van der Waals surface area contributed by atoms with Crippen LogP contribution in [0.4, 0.5) is 0 Å². The lowest BCUT2D eigenvalue weighted by molar-refractivity contribution is -0.123. The van der Waals surface area contributed by atoms with Gasteiger partial charge in [-0.15, -0.1) is 0 Å². The van der Waals surface area contributed by atoms with Crippen LogP contribution >= 0.6 is 0 Å². The van der Waals surface area contributed by atoms with Crippen molar-refractivity contribution in [1.82, 2.24) is 5.32 Å². The van der Waals surface area contributed by atoms with Crippen molar-refractivity contribution in [2.75, 3.05) is 20.8 Å². The third-order valence-electron chi connectivity index (χ3n) is 4.44. The molecule has 1 aromatic rings. The molecule has 5 heteroatoms. The highest BCUT2D eigenvalue weighted by atomic mass is 16.5. The first-order valence-electron chi connectivity index (χ1n) is 7.74. The molecule has 1 atom stereocenters. The van der Waals surface area contributed by atoms with E-state index in [2.05, 4.69) is 5.32 Å². The molecule has 0 saturated heterocycles. The predicted octanol–water partition coefficient (Wildman–Crippen LogP) is 1.88. The van der Waals surface area contributed by atoms with Gasteiger partial charge in [-0.25, -0.2) is 0 Å². The quantitative estimate of drug-likeness (QED) is 0.769. The van der Waals surface area contributed by atoms with E-state index in [1.165, 1.54) is 0 Å². The highest BCUT2D eigenvalue weighted by Crippen LogP contribution is 2.39. The fourth-order valence-electron chi connectivity index (χ4n) is 2.75. The Morgan fingerprint density at radius 3 is 2.64 bits per heavy atom. The number of amides is 1. The maximum atomic E-state index is 12.2. The van der Waals surface area contributed by atoms with E-state index >= 15 is 0 Å². The van der Waals surface area contributed by atoms with Crippen molar-refractivity contribution >= 4 is 5.91 Å². The summed E-state index contributed by atoms with van der Waals surface area (Å²) < 4.78 is 10.6. The van der Waals surface area contributed by atoms with Crippen LogP contribution in [0.15, 0.2) is 18.2 Å². The second-order valence-corrected chi connectivity index (χ2v) is 6.12. The van der Waals surface area contributed by atoms with Crippen molar-refractivity contribution in [1.29, 1.82) is 0 Å². The molecular weight excluding hydrogens is 280 g/mol. The Labute approximate surface area is 132 Å². The number of carbonyl (C=O) groups excluding carboxylic acids is 1. The molecule has 0 heterocycles. The van der Waals surface area contributed by atoms with Crippen molar-refractivity contribution in [3.05, 3.63) is 23.8 Å². The Hall–Kier alpha value is -1.75. The summed E-state index contributed by atoms with van der Waals surface area (Å²) in [5, 5.41) is 3.11. The van der Waals surface area contributed by atoms with Gasteiger partial charge in [-0.3, -0.25) is 4.79 Å². The maximum absolute atomic E-state index is 12.2. The first-order valence-corrected chi connectivity index (χ1v) is 7.74. The van der Waals surface area contributed by atoms with Crippen LogP contribution in [0.3, 0.4) is 0 Å². The van der Waals surface area contributed by atoms with Crippen molar-refractivity contribution in [3.8, 4) is 11.5 Å². The first kappa shape index (κ1) is 16.6. The summed E-state index contributed by atoms with van der Waals surface area (Å²) in [4.78, 5) is 12.2. The normalized spacial score (nSPS) is 16.7. The monoisotopic (exact) mass is 306 g/mol. The molecule has 0 aliphatic heterocycles. The highest BCUT2D eigenvalue weighted by molar-refractivity contribution is 5.77. The molecule has 1 aliphatic carbocycles. The summed E-state index contributed by atoms with van der Waals surface area (Å²) in [5.41, 5.74) is 6.54. The SMILES string of the molecule is COc1ccc(OC)c(CCC(=O)NC(C)(CN)C2CC2)c1. The number of hydrogen-bond donors (Lipinski definition) is 2. The Bertz CT molecular complexity index is 529. The molecule has 2 rings (SSSR count). The average molecular weight is 306 g/mol. The number of rotatable bonds is 8. The number of nitrogens with two attached hydrogens (primary N) is 1. The molecule has 0 spiro atoms. The summed E-state index contributed by atoms with van der Waals surface area (Å²) in [7, 11) is 3.25. The number of ether oxygens (including phenoxy) is 2. The standard InChI is InChI=1S/C17H26N2O3/c1-17(11-18,13-5-6-13)19-16(20)9-4-12-10-14(21-2)7-8-15(12)22-3/h7-8,10,13H,4-6,9,11,18H2,1-3H3,(H,19,20). The minimum Gasteiger partial charge on any atom is -0.497 e. The number of nitrogens with one attached hydrogen (secondary N) is 1. The van der Waals surface area contributed by atoms with Crippen LogP contribution in [0.2, 0.25) is 0 Å². The number of carbonyl (C=O) groups is 1. The molecule has 5 nitrogen and oxygen atoms in total. The van der Waals surface area contributed by atoms with E-state index in [9.17, 15) is 4.79 Å². The second kappa shape index (κ2) is 7.01. The van der Waals surface area contributed by atoms with E-state index in [4.69, 9.17) is 15.2 Å². The number of benzene rings is 1. The summed E-state index contributed by atoms with van der Waals surface area (Å²) in [6.07, 6.45) is 3.32. The third kappa shape index (κ3) is 3.91. The molecule has 1 aliphatic rings. The van der Waals surface area contributed by atoms with Gasteiger partial charge in [0.15, 0.2) is 0 Å². The smallest absolute Gasteiger partial charge is 0.220 e. The summed E-state index contributed by atoms with van der Waals surface area (Å²) in [6.45, 7) is 2.51.